The number of nitrogens with one attached hydrogen (secondary N) is 3. The summed E-state index contributed by atoms with van der Waals surface area (Å²) < 4.78 is 0. The minimum atomic E-state index is -1.24. The van der Waals surface area contributed by atoms with Crippen molar-refractivity contribution in [3.8, 4) is 0 Å². The van der Waals surface area contributed by atoms with Crippen molar-refractivity contribution in [1.82, 2.24) is 16.0 Å². The summed E-state index contributed by atoms with van der Waals surface area (Å²) >= 11 is 0. The van der Waals surface area contributed by atoms with Crippen LogP contribution in [0.4, 0.5) is 0 Å². The second kappa shape index (κ2) is 19.4. The molecule has 0 saturated carbocycles. The Labute approximate surface area is 229 Å². The molecule has 0 aliphatic carbocycles. The first kappa shape index (κ1) is 35.3. The summed E-state index contributed by atoms with van der Waals surface area (Å²) in [6, 6.07) is -4.17. The summed E-state index contributed by atoms with van der Waals surface area (Å²) in [5.41, 5.74) is 32.7. The zero-order valence-corrected chi connectivity index (χ0v) is 22.9. The molecule has 0 bridgehead atoms. The molecule has 4 unspecified atom stereocenters. The van der Waals surface area contributed by atoms with Gasteiger partial charge in [-0.15, -0.1) is 0 Å². The van der Waals surface area contributed by atoms with Gasteiger partial charge in [0.1, 0.15) is 18.1 Å². The Morgan fingerprint density at radius 3 is 1.51 bits per heavy atom. The number of unbranched alkanes of at least 4 members (excludes halogenated alkanes) is 1. The van der Waals surface area contributed by atoms with Gasteiger partial charge in [0.05, 0.1) is 6.04 Å². The van der Waals surface area contributed by atoms with Crippen LogP contribution in [0.5, 0.6) is 0 Å². The summed E-state index contributed by atoms with van der Waals surface area (Å²) in [4.78, 5) is 58.3. The third-order valence-electron chi connectivity index (χ3n) is 5.74. The number of carboxylic acid groups (broad SMARTS) is 1. The molecule has 0 aliphatic heterocycles. The number of aliphatic imine (C=N–C) groups is 2. The van der Waals surface area contributed by atoms with Crippen LogP contribution in [0.15, 0.2) is 9.98 Å². The first-order valence-electron chi connectivity index (χ1n) is 13.0. The van der Waals surface area contributed by atoms with E-state index in [2.05, 4.69) is 25.9 Å². The van der Waals surface area contributed by atoms with Gasteiger partial charge in [0.2, 0.25) is 17.7 Å². The van der Waals surface area contributed by atoms with Crippen LogP contribution in [-0.2, 0) is 19.2 Å². The van der Waals surface area contributed by atoms with Crippen molar-refractivity contribution in [1.29, 1.82) is 0 Å². The molecular weight excluding hydrogens is 510 g/mol. The number of guanidine groups is 2. The Morgan fingerprint density at radius 1 is 0.692 bits per heavy atom. The van der Waals surface area contributed by atoms with Gasteiger partial charge >= 0.3 is 5.97 Å². The van der Waals surface area contributed by atoms with E-state index >= 15 is 0 Å². The summed E-state index contributed by atoms with van der Waals surface area (Å²) in [5.74, 6) is -3.48. The minimum Gasteiger partial charge on any atom is -0.480 e. The number of hydrogen-bond acceptors (Lipinski definition) is 8. The Morgan fingerprint density at radius 2 is 1.10 bits per heavy atom. The van der Waals surface area contributed by atoms with Gasteiger partial charge in [0, 0.05) is 13.1 Å². The molecule has 0 aromatic carbocycles. The van der Waals surface area contributed by atoms with E-state index in [-0.39, 0.29) is 50.2 Å². The van der Waals surface area contributed by atoms with Crippen molar-refractivity contribution in [2.45, 2.75) is 83.0 Å². The van der Waals surface area contributed by atoms with E-state index < -0.39 is 47.9 Å². The zero-order valence-electron chi connectivity index (χ0n) is 22.9. The molecule has 16 nitrogen and oxygen atoms in total. The fourth-order valence-corrected chi connectivity index (χ4v) is 3.41. The molecule has 0 aliphatic rings. The molecule has 0 rings (SSSR count). The quantitative estimate of drug-likeness (QED) is 0.0402. The van der Waals surface area contributed by atoms with Crippen molar-refractivity contribution in [3.05, 3.63) is 0 Å². The summed E-state index contributed by atoms with van der Waals surface area (Å²) in [7, 11) is 0. The van der Waals surface area contributed by atoms with Crippen LogP contribution in [0.3, 0.4) is 0 Å². The van der Waals surface area contributed by atoms with Gasteiger partial charge in [-0.05, 0) is 57.4 Å². The molecule has 0 fully saturated rings. The van der Waals surface area contributed by atoms with Crippen LogP contribution in [0.2, 0.25) is 0 Å². The number of carbonyl (C=O) groups excluding carboxylic acids is 3. The number of nitrogens with zero attached hydrogens (tertiary/aromatic N) is 2. The molecule has 0 aromatic rings. The lowest BCUT2D eigenvalue weighted by molar-refractivity contribution is -0.142. The Bertz CT molecular complexity index is 842. The van der Waals surface area contributed by atoms with E-state index in [9.17, 15) is 24.3 Å². The maximum atomic E-state index is 13.2. The predicted octanol–water partition coefficient (Wildman–Crippen LogP) is -3.26. The zero-order chi connectivity index (χ0) is 30.0. The third kappa shape index (κ3) is 16.0. The fraction of sp³-hybridized carbons (Fsp3) is 0.739. The molecule has 16 heteroatoms. The van der Waals surface area contributed by atoms with E-state index in [1.54, 1.807) is 13.8 Å². The molecule has 224 valence electrons. The van der Waals surface area contributed by atoms with E-state index in [1.165, 1.54) is 0 Å². The normalized spacial score (nSPS) is 13.9. The molecular formula is C23H47N11O5. The first-order chi connectivity index (χ1) is 18.3. The van der Waals surface area contributed by atoms with Crippen LogP contribution in [0.1, 0.15) is 58.8 Å². The highest BCUT2D eigenvalue weighted by atomic mass is 16.4. The van der Waals surface area contributed by atoms with Gasteiger partial charge in [0.15, 0.2) is 11.9 Å². The Kier molecular flexibility index (Phi) is 17.6. The van der Waals surface area contributed by atoms with E-state index in [1.807, 2.05) is 0 Å². The maximum absolute atomic E-state index is 13.2. The van der Waals surface area contributed by atoms with E-state index in [0.29, 0.717) is 32.2 Å². The predicted molar refractivity (Wildman–Crippen MR) is 149 cm³/mol. The molecule has 0 heterocycles. The van der Waals surface area contributed by atoms with Crippen molar-refractivity contribution in [2.75, 3.05) is 19.6 Å². The smallest absolute Gasteiger partial charge is 0.326 e. The Balaban J connectivity index is 5.61. The van der Waals surface area contributed by atoms with E-state index in [4.69, 9.17) is 34.4 Å². The minimum absolute atomic E-state index is 0.0673. The van der Waals surface area contributed by atoms with Crippen molar-refractivity contribution in [3.63, 3.8) is 0 Å². The summed E-state index contributed by atoms with van der Waals surface area (Å²) in [6.07, 6.45) is 2.18. The second-order valence-electron chi connectivity index (χ2n) is 9.47. The largest absolute Gasteiger partial charge is 0.480 e. The molecule has 39 heavy (non-hydrogen) atoms. The van der Waals surface area contributed by atoms with Crippen molar-refractivity contribution < 1.29 is 24.3 Å². The molecule has 0 saturated heterocycles. The fourth-order valence-electron chi connectivity index (χ4n) is 3.41. The van der Waals surface area contributed by atoms with Crippen LogP contribution < -0.4 is 50.4 Å². The third-order valence-corrected chi connectivity index (χ3v) is 5.74. The van der Waals surface area contributed by atoms with Gasteiger partial charge in [-0.2, -0.15) is 0 Å². The van der Waals surface area contributed by atoms with Crippen molar-refractivity contribution >= 4 is 35.6 Å². The van der Waals surface area contributed by atoms with Crippen LogP contribution in [-0.4, -0.2) is 84.5 Å². The lowest BCUT2D eigenvalue weighted by Gasteiger charge is -2.26. The number of rotatable bonds is 20. The monoisotopic (exact) mass is 557 g/mol. The van der Waals surface area contributed by atoms with Gasteiger partial charge < -0.3 is 55.5 Å². The highest BCUT2D eigenvalue weighted by molar-refractivity contribution is 5.94. The topological polar surface area (TPSA) is 305 Å². The van der Waals surface area contributed by atoms with Gasteiger partial charge in [-0.1, -0.05) is 13.8 Å². The number of aliphatic carboxylic acids is 1. The molecule has 16 N–H and O–H groups in total. The SMILES string of the molecule is CC(C)C(N)C(=O)NC(CCCN=C(N)N)C(=O)NC(CCCCN)C(=O)NC(CCCN=C(N)N)C(=O)O. The number of hydrogen-bond donors (Lipinski definition) is 10. The van der Waals surface area contributed by atoms with Gasteiger partial charge in [-0.25, -0.2) is 4.79 Å². The highest BCUT2D eigenvalue weighted by Crippen LogP contribution is 2.08. The molecule has 4 atom stereocenters. The van der Waals surface area contributed by atoms with E-state index in [0.717, 1.165) is 0 Å². The summed E-state index contributed by atoms with van der Waals surface area (Å²) in [6.45, 7) is 4.33. The maximum Gasteiger partial charge on any atom is 0.326 e. The van der Waals surface area contributed by atoms with Crippen LogP contribution >= 0.6 is 0 Å². The number of amides is 3. The van der Waals surface area contributed by atoms with Crippen molar-refractivity contribution in [2.24, 2.45) is 50.3 Å². The average molecular weight is 558 g/mol. The number of carbonyl (C=O) groups is 4. The molecule has 0 spiro atoms. The average Bonchev–Trinajstić information content (AvgIpc) is 2.85. The summed E-state index contributed by atoms with van der Waals surface area (Å²) in [5, 5.41) is 17.3. The molecule has 3 amide bonds. The lowest BCUT2D eigenvalue weighted by Crippen LogP contribution is -2.57. The second-order valence-corrected chi connectivity index (χ2v) is 9.47. The van der Waals surface area contributed by atoms with Gasteiger partial charge in [-0.3, -0.25) is 24.4 Å². The standard InChI is InChI=1S/C23H47N11O5/c1-13(2)17(25)20(37)33-15(8-5-11-30-22(26)27)18(35)32-14(7-3-4-10-24)19(36)34-16(21(38)39)9-6-12-31-23(28)29/h13-17H,3-12,24-25H2,1-2H3,(H,32,35)(H,33,37)(H,34,36)(H,38,39)(H4,26,27,30)(H4,28,29,31). The molecule has 0 radical (unpaired) electrons. The number of nitrogens with two attached hydrogens (primary N) is 6. The lowest BCUT2D eigenvalue weighted by atomic mass is 10.0. The Hall–Kier alpha value is -3.66. The number of carboxylic acids is 1. The van der Waals surface area contributed by atoms with Gasteiger partial charge in [0.25, 0.3) is 0 Å². The molecule has 0 aromatic heterocycles. The first-order valence-corrected chi connectivity index (χ1v) is 13.0. The van der Waals surface area contributed by atoms with Crippen LogP contribution in [0, 0.1) is 5.92 Å². The highest BCUT2D eigenvalue weighted by Gasteiger charge is 2.30. The van der Waals surface area contributed by atoms with Crippen LogP contribution in [0.25, 0.3) is 0 Å².